The van der Waals surface area contributed by atoms with E-state index in [0.29, 0.717) is 12.2 Å². The van der Waals surface area contributed by atoms with Gasteiger partial charge >= 0.3 is 0 Å². The second kappa shape index (κ2) is 7.91. The first-order valence-electron chi connectivity index (χ1n) is 9.28. The Labute approximate surface area is 160 Å². The molecule has 27 heavy (non-hydrogen) atoms. The Hall–Kier alpha value is -2.69. The maximum atomic E-state index is 12.5. The molecule has 1 heterocycles. The molecule has 0 radical (unpaired) electrons. The molecule has 3 rings (SSSR count). The molecule has 1 atom stereocenters. The summed E-state index contributed by atoms with van der Waals surface area (Å²) in [7, 11) is 1.62. The zero-order valence-corrected chi connectivity index (χ0v) is 16.4. The van der Waals surface area contributed by atoms with Gasteiger partial charge in [0.1, 0.15) is 22.8 Å². The molecule has 0 spiro atoms. The number of ether oxygens (including phenoxy) is 3. The lowest BCUT2D eigenvalue weighted by molar-refractivity contribution is -0.124. The van der Waals surface area contributed by atoms with Gasteiger partial charge in [-0.2, -0.15) is 0 Å². The quantitative estimate of drug-likeness (QED) is 0.834. The Morgan fingerprint density at radius 1 is 1.19 bits per heavy atom. The molecule has 2 aromatic rings. The van der Waals surface area contributed by atoms with Crippen LogP contribution in [0.15, 0.2) is 42.5 Å². The van der Waals surface area contributed by atoms with E-state index in [9.17, 15) is 4.79 Å². The molecule has 5 nitrogen and oxygen atoms in total. The normalized spacial score (nSPS) is 17.4. The van der Waals surface area contributed by atoms with Crippen LogP contribution in [0.2, 0.25) is 0 Å². The fourth-order valence-corrected chi connectivity index (χ4v) is 3.29. The molecule has 1 unspecified atom stereocenters. The minimum Gasteiger partial charge on any atom is -0.497 e. The summed E-state index contributed by atoms with van der Waals surface area (Å²) in [6.45, 7) is 6.11. The number of fused-ring (bicyclic) bond motifs is 1. The van der Waals surface area contributed by atoms with E-state index < -0.39 is 0 Å². The fraction of sp³-hybridized carbons (Fsp3) is 0.409. The molecular formula is C22H27NO4. The van der Waals surface area contributed by atoms with E-state index in [2.05, 4.69) is 12.2 Å². The maximum absolute atomic E-state index is 12.5. The van der Waals surface area contributed by atoms with Crippen LogP contribution in [0.3, 0.4) is 0 Å². The van der Waals surface area contributed by atoms with Crippen molar-refractivity contribution in [3.63, 3.8) is 0 Å². The highest BCUT2D eigenvalue weighted by atomic mass is 16.5. The summed E-state index contributed by atoms with van der Waals surface area (Å²) >= 11 is 0. The van der Waals surface area contributed by atoms with Gasteiger partial charge < -0.3 is 19.5 Å². The number of hydrogen-bond donors (Lipinski definition) is 1. The van der Waals surface area contributed by atoms with E-state index >= 15 is 0 Å². The Bertz CT molecular complexity index is 798. The zero-order valence-electron chi connectivity index (χ0n) is 16.4. The van der Waals surface area contributed by atoms with Crippen LogP contribution in [0.5, 0.6) is 17.2 Å². The number of carbonyl (C=O) groups excluding carboxylic acids is 1. The third-order valence-corrected chi connectivity index (χ3v) is 4.71. The van der Waals surface area contributed by atoms with Gasteiger partial charge in [0.05, 0.1) is 13.2 Å². The lowest BCUT2D eigenvalue weighted by Crippen LogP contribution is -2.42. The van der Waals surface area contributed by atoms with Gasteiger partial charge in [-0.1, -0.05) is 19.1 Å². The van der Waals surface area contributed by atoms with E-state index in [0.717, 1.165) is 23.5 Å². The van der Waals surface area contributed by atoms with Crippen molar-refractivity contribution in [2.75, 3.05) is 13.7 Å². The molecule has 1 aliphatic rings. The first-order valence-corrected chi connectivity index (χ1v) is 9.28. The lowest BCUT2D eigenvalue weighted by Gasteiger charge is -2.38. The van der Waals surface area contributed by atoms with E-state index in [4.69, 9.17) is 14.2 Å². The summed E-state index contributed by atoms with van der Waals surface area (Å²) in [5, 5.41) is 3.08. The van der Waals surface area contributed by atoms with Crippen LogP contribution in [-0.2, 0) is 11.2 Å². The molecule has 1 amide bonds. The minimum atomic E-state index is -0.381. The number of benzene rings is 2. The number of nitrogens with one attached hydrogen (secondary N) is 1. The molecule has 0 fully saturated rings. The molecule has 0 aromatic heterocycles. The molecule has 0 saturated heterocycles. The number of amides is 1. The summed E-state index contributed by atoms with van der Waals surface area (Å²) in [5.74, 6) is 2.01. The Kier molecular flexibility index (Phi) is 5.59. The summed E-state index contributed by atoms with van der Waals surface area (Å²) in [6.07, 6.45) is 1.66. The van der Waals surface area contributed by atoms with Gasteiger partial charge in [-0.15, -0.1) is 0 Å². The van der Waals surface area contributed by atoms with Crippen LogP contribution in [-0.4, -0.2) is 25.2 Å². The smallest absolute Gasteiger partial charge is 0.258 e. The Morgan fingerprint density at radius 3 is 2.56 bits per heavy atom. The minimum absolute atomic E-state index is 0.0191. The average Bonchev–Trinajstić information content (AvgIpc) is 2.65. The number of rotatable bonds is 6. The molecule has 0 bridgehead atoms. The molecule has 1 N–H and O–H groups in total. The average molecular weight is 369 g/mol. The zero-order chi connectivity index (χ0) is 19.4. The van der Waals surface area contributed by atoms with Crippen LogP contribution in [0, 0.1) is 0 Å². The van der Waals surface area contributed by atoms with Gasteiger partial charge in [-0.25, -0.2) is 0 Å². The van der Waals surface area contributed by atoms with Crippen molar-refractivity contribution >= 4 is 5.91 Å². The van der Waals surface area contributed by atoms with E-state index in [1.165, 1.54) is 5.56 Å². The summed E-state index contributed by atoms with van der Waals surface area (Å²) in [4.78, 5) is 12.5. The SMILES string of the molecule is CCc1ccc(OCC(=O)NC2CC(C)(C)Oc3cc(OC)ccc32)cc1. The highest BCUT2D eigenvalue weighted by Gasteiger charge is 2.34. The highest BCUT2D eigenvalue weighted by molar-refractivity contribution is 5.78. The van der Waals surface area contributed by atoms with Gasteiger partial charge in [-0.3, -0.25) is 4.79 Å². The Balaban J connectivity index is 1.66. The molecule has 0 aliphatic carbocycles. The van der Waals surface area contributed by atoms with Crippen LogP contribution in [0.25, 0.3) is 0 Å². The number of carbonyl (C=O) groups is 1. The van der Waals surface area contributed by atoms with Crippen molar-refractivity contribution in [2.45, 2.75) is 45.3 Å². The first-order chi connectivity index (χ1) is 12.9. The fourth-order valence-electron chi connectivity index (χ4n) is 3.29. The highest BCUT2D eigenvalue weighted by Crippen LogP contribution is 2.41. The molecule has 0 saturated carbocycles. The summed E-state index contributed by atoms with van der Waals surface area (Å²) in [5.41, 5.74) is 1.81. The van der Waals surface area contributed by atoms with Crippen molar-refractivity contribution in [1.29, 1.82) is 0 Å². The molecule has 144 valence electrons. The largest absolute Gasteiger partial charge is 0.497 e. The van der Waals surface area contributed by atoms with Gasteiger partial charge in [0.2, 0.25) is 0 Å². The third-order valence-electron chi connectivity index (χ3n) is 4.71. The molecule has 5 heteroatoms. The number of methoxy groups -OCH3 is 1. The van der Waals surface area contributed by atoms with E-state index in [1.54, 1.807) is 7.11 Å². The second-order valence-electron chi connectivity index (χ2n) is 7.38. The van der Waals surface area contributed by atoms with Crippen LogP contribution in [0.1, 0.15) is 44.4 Å². The van der Waals surface area contributed by atoms with Crippen molar-refractivity contribution in [1.82, 2.24) is 5.32 Å². The van der Waals surface area contributed by atoms with E-state index in [-0.39, 0.29) is 24.2 Å². The van der Waals surface area contributed by atoms with Gasteiger partial charge in [0.25, 0.3) is 5.91 Å². The van der Waals surface area contributed by atoms with Crippen LogP contribution >= 0.6 is 0 Å². The maximum Gasteiger partial charge on any atom is 0.258 e. The number of hydrogen-bond acceptors (Lipinski definition) is 4. The predicted molar refractivity (Wildman–Crippen MR) is 105 cm³/mol. The van der Waals surface area contributed by atoms with Crippen LogP contribution in [0.4, 0.5) is 0 Å². The van der Waals surface area contributed by atoms with Crippen molar-refractivity contribution in [2.24, 2.45) is 0 Å². The topological polar surface area (TPSA) is 56.8 Å². The predicted octanol–water partition coefficient (Wildman–Crippen LogP) is 4.06. The molecular weight excluding hydrogens is 342 g/mol. The molecule has 1 aliphatic heterocycles. The molecule has 2 aromatic carbocycles. The van der Waals surface area contributed by atoms with Crippen molar-refractivity contribution < 1.29 is 19.0 Å². The first kappa shape index (κ1) is 19.1. The van der Waals surface area contributed by atoms with Crippen LogP contribution < -0.4 is 19.5 Å². The lowest BCUT2D eigenvalue weighted by atomic mass is 9.89. The van der Waals surface area contributed by atoms with Gasteiger partial charge in [0.15, 0.2) is 6.61 Å². The van der Waals surface area contributed by atoms with E-state index in [1.807, 2.05) is 56.3 Å². The van der Waals surface area contributed by atoms with Crippen molar-refractivity contribution in [3.8, 4) is 17.2 Å². The summed E-state index contributed by atoms with van der Waals surface area (Å²) in [6, 6.07) is 13.4. The standard InChI is InChI=1S/C22H27NO4/c1-5-15-6-8-16(9-7-15)26-14-21(24)23-19-13-22(2,3)27-20-12-17(25-4)10-11-18(19)20/h6-12,19H,5,13-14H2,1-4H3,(H,23,24). The number of aryl methyl sites for hydroxylation is 1. The van der Waals surface area contributed by atoms with Gasteiger partial charge in [-0.05, 0) is 50.1 Å². The summed E-state index contributed by atoms with van der Waals surface area (Å²) < 4.78 is 17.0. The second-order valence-corrected chi connectivity index (χ2v) is 7.38. The van der Waals surface area contributed by atoms with Crippen molar-refractivity contribution in [3.05, 3.63) is 53.6 Å². The monoisotopic (exact) mass is 369 g/mol. The Morgan fingerprint density at radius 2 is 1.89 bits per heavy atom. The van der Waals surface area contributed by atoms with Gasteiger partial charge in [0, 0.05) is 18.1 Å². The third kappa shape index (κ3) is 4.73.